The Morgan fingerprint density at radius 1 is 0.355 bits per heavy atom. The van der Waals surface area contributed by atoms with E-state index in [-0.39, 0.29) is 37.5 Å². The molecule has 0 saturated heterocycles. The van der Waals surface area contributed by atoms with Gasteiger partial charge in [-0.1, -0.05) is 201 Å². The average molecular weight is 859 g/mol. The van der Waals surface area contributed by atoms with Crippen LogP contribution in [0, 0.1) is 0 Å². The zero-order chi connectivity index (χ0) is 45.1. The van der Waals surface area contributed by atoms with Crippen molar-refractivity contribution in [1.82, 2.24) is 0 Å². The van der Waals surface area contributed by atoms with Crippen LogP contribution in [-0.2, 0) is 28.6 Å². The summed E-state index contributed by atoms with van der Waals surface area (Å²) in [6.45, 7) is 6.35. The van der Waals surface area contributed by atoms with E-state index in [4.69, 9.17) is 14.2 Å². The summed E-state index contributed by atoms with van der Waals surface area (Å²) in [4.78, 5) is 37.9. The van der Waals surface area contributed by atoms with Gasteiger partial charge in [0.2, 0.25) is 0 Å². The highest BCUT2D eigenvalue weighted by molar-refractivity contribution is 5.71. The molecular formula is C56H90O6. The van der Waals surface area contributed by atoms with Crippen molar-refractivity contribution >= 4 is 17.9 Å². The first-order valence-corrected chi connectivity index (χ1v) is 25.0. The van der Waals surface area contributed by atoms with Gasteiger partial charge in [-0.3, -0.25) is 14.4 Å². The number of rotatable bonds is 43. The highest BCUT2D eigenvalue weighted by Gasteiger charge is 2.19. The van der Waals surface area contributed by atoms with Crippen LogP contribution < -0.4 is 0 Å². The molecule has 0 spiro atoms. The van der Waals surface area contributed by atoms with Crippen molar-refractivity contribution in [3.8, 4) is 0 Å². The first-order valence-electron chi connectivity index (χ1n) is 25.0. The standard InChI is InChI=1S/C56H90O6/c1-4-7-10-13-16-19-22-24-26-27-28-30-31-34-37-40-43-46-49-55(58)61-52-53(51-60-54(57)48-45-42-39-36-33-21-18-15-12-9-6-3)62-56(59)50-47-44-41-38-35-32-29-25-23-20-17-14-11-8-5-2/h9,12,16-28,30,36,39,53H,4-8,10-11,13-15,29,31-35,37-38,40-52H2,1-3H3/b12-9-,19-16-,20-17-,21-18-,24-22-,25-23-,27-26-,30-28-,39-36-. The molecule has 0 bridgehead atoms. The average Bonchev–Trinajstić information content (AvgIpc) is 3.27. The number of carbonyl (C=O) groups is 3. The minimum Gasteiger partial charge on any atom is -0.462 e. The lowest BCUT2D eigenvalue weighted by Gasteiger charge is -2.18. The number of carbonyl (C=O) groups excluding carboxylic acids is 3. The minimum absolute atomic E-state index is 0.113. The van der Waals surface area contributed by atoms with Crippen LogP contribution in [0.4, 0.5) is 0 Å². The molecule has 6 heteroatoms. The molecule has 0 aromatic carbocycles. The second-order valence-electron chi connectivity index (χ2n) is 16.1. The molecule has 0 aliphatic carbocycles. The van der Waals surface area contributed by atoms with Gasteiger partial charge in [0.25, 0.3) is 0 Å². The molecule has 0 N–H and O–H groups in total. The van der Waals surface area contributed by atoms with Crippen LogP contribution in [0.2, 0.25) is 0 Å². The van der Waals surface area contributed by atoms with Gasteiger partial charge in [-0.2, -0.15) is 0 Å². The van der Waals surface area contributed by atoms with E-state index < -0.39 is 6.10 Å². The summed E-state index contributed by atoms with van der Waals surface area (Å²) in [7, 11) is 0. The molecule has 350 valence electrons. The fraction of sp³-hybridized carbons (Fsp3) is 0.625. The lowest BCUT2D eigenvalue weighted by molar-refractivity contribution is -0.167. The molecule has 1 atom stereocenters. The van der Waals surface area contributed by atoms with Gasteiger partial charge in [-0.05, 0) is 96.3 Å². The highest BCUT2D eigenvalue weighted by Crippen LogP contribution is 2.12. The maximum Gasteiger partial charge on any atom is 0.306 e. The molecule has 1 unspecified atom stereocenters. The van der Waals surface area contributed by atoms with Crippen molar-refractivity contribution in [3.63, 3.8) is 0 Å². The summed E-state index contributed by atoms with van der Waals surface area (Å²) in [6, 6.07) is 0. The second kappa shape index (κ2) is 49.7. The smallest absolute Gasteiger partial charge is 0.306 e. The van der Waals surface area contributed by atoms with Crippen molar-refractivity contribution in [2.45, 2.75) is 213 Å². The molecule has 0 aliphatic heterocycles. The summed E-state index contributed by atoms with van der Waals surface area (Å²) in [5, 5.41) is 0. The van der Waals surface area contributed by atoms with Crippen molar-refractivity contribution in [2.75, 3.05) is 13.2 Å². The number of hydrogen-bond acceptors (Lipinski definition) is 6. The van der Waals surface area contributed by atoms with Crippen LogP contribution >= 0.6 is 0 Å². The van der Waals surface area contributed by atoms with E-state index in [2.05, 4.69) is 130 Å². The Balaban J connectivity index is 4.51. The van der Waals surface area contributed by atoms with Gasteiger partial charge in [-0.25, -0.2) is 0 Å². The Morgan fingerprint density at radius 3 is 1.19 bits per heavy atom. The molecule has 6 nitrogen and oxygen atoms in total. The summed E-state index contributed by atoms with van der Waals surface area (Å²) in [5.74, 6) is -1.01. The van der Waals surface area contributed by atoms with E-state index in [1.54, 1.807) is 0 Å². The van der Waals surface area contributed by atoms with Gasteiger partial charge in [0.15, 0.2) is 6.10 Å². The van der Waals surface area contributed by atoms with Crippen molar-refractivity contribution in [2.24, 2.45) is 0 Å². The van der Waals surface area contributed by atoms with Gasteiger partial charge >= 0.3 is 17.9 Å². The van der Waals surface area contributed by atoms with E-state index in [9.17, 15) is 14.4 Å². The van der Waals surface area contributed by atoms with Crippen LogP contribution in [-0.4, -0.2) is 37.2 Å². The number of ether oxygens (including phenoxy) is 3. The topological polar surface area (TPSA) is 78.9 Å². The van der Waals surface area contributed by atoms with Gasteiger partial charge in [0, 0.05) is 19.3 Å². The van der Waals surface area contributed by atoms with E-state index in [0.717, 1.165) is 109 Å². The number of unbranched alkanes of at least 4 members (excludes halogenated alkanes) is 18. The first-order chi connectivity index (χ1) is 30.5. The van der Waals surface area contributed by atoms with Gasteiger partial charge in [-0.15, -0.1) is 0 Å². The predicted octanol–water partition coefficient (Wildman–Crippen LogP) is 16.4. The Kier molecular flexibility index (Phi) is 46.6. The van der Waals surface area contributed by atoms with Crippen LogP contribution in [0.15, 0.2) is 109 Å². The molecule has 0 amide bonds. The third kappa shape index (κ3) is 47.1. The number of hydrogen-bond donors (Lipinski definition) is 0. The molecule has 0 heterocycles. The third-order valence-electron chi connectivity index (χ3n) is 10.1. The Morgan fingerprint density at radius 2 is 0.710 bits per heavy atom. The summed E-state index contributed by atoms with van der Waals surface area (Å²) in [5.41, 5.74) is 0. The predicted molar refractivity (Wildman–Crippen MR) is 265 cm³/mol. The molecule has 0 saturated carbocycles. The lowest BCUT2D eigenvalue weighted by atomic mass is 10.1. The zero-order valence-corrected chi connectivity index (χ0v) is 39.8. The zero-order valence-electron chi connectivity index (χ0n) is 39.8. The quantitative estimate of drug-likeness (QED) is 0.0200. The highest BCUT2D eigenvalue weighted by atomic mass is 16.6. The molecule has 0 aromatic heterocycles. The molecule has 0 radical (unpaired) electrons. The van der Waals surface area contributed by atoms with Crippen molar-refractivity contribution in [3.05, 3.63) is 109 Å². The first kappa shape index (κ1) is 58.1. The fourth-order valence-electron chi connectivity index (χ4n) is 6.35. The lowest BCUT2D eigenvalue weighted by Crippen LogP contribution is -2.30. The van der Waals surface area contributed by atoms with Gasteiger partial charge < -0.3 is 14.2 Å². The second-order valence-corrected chi connectivity index (χ2v) is 16.1. The van der Waals surface area contributed by atoms with Crippen LogP contribution in [0.3, 0.4) is 0 Å². The molecule has 0 fully saturated rings. The Bertz CT molecular complexity index is 1310. The van der Waals surface area contributed by atoms with E-state index in [1.807, 2.05) is 0 Å². The van der Waals surface area contributed by atoms with E-state index in [0.29, 0.717) is 19.3 Å². The SMILES string of the molecule is CC/C=C\C/C=C\C/C=C\CCCC(=O)OCC(COC(=O)CCCCCCC\C=C/C=C\C=C/C=C\CCCCC)OC(=O)CCCCCCCC/C=C\C=C/CCCCC. The minimum atomic E-state index is -0.815. The summed E-state index contributed by atoms with van der Waals surface area (Å²) < 4.78 is 16.7. The molecule has 0 rings (SSSR count). The fourth-order valence-corrected chi connectivity index (χ4v) is 6.35. The molecule has 62 heavy (non-hydrogen) atoms. The largest absolute Gasteiger partial charge is 0.462 e. The van der Waals surface area contributed by atoms with Crippen LogP contribution in [0.5, 0.6) is 0 Å². The van der Waals surface area contributed by atoms with Crippen molar-refractivity contribution in [1.29, 1.82) is 0 Å². The normalized spacial score (nSPS) is 13.0. The third-order valence-corrected chi connectivity index (χ3v) is 10.1. The number of allylic oxidation sites excluding steroid dienone is 18. The summed E-state index contributed by atoms with van der Waals surface area (Å²) in [6.07, 6.45) is 66.4. The van der Waals surface area contributed by atoms with Crippen molar-refractivity contribution < 1.29 is 28.6 Å². The van der Waals surface area contributed by atoms with Gasteiger partial charge in [0.05, 0.1) is 0 Å². The summed E-state index contributed by atoms with van der Waals surface area (Å²) >= 11 is 0. The number of esters is 3. The Labute approximate surface area is 380 Å². The van der Waals surface area contributed by atoms with E-state index in [1.165, 1.54) is 51.4 Å². The maximum absolute atomic E-state index is 12.8. The Hall–Kier alpha value is -3.93. The van der Waals surface area contributed by atoms with Crippen LogP contribution in [0.1, 0.15) is 207 Å². The van der Waals surface area contributed by atoms with Gasteiger partial charge in [0.1, 0.15) is 13.2 Å². The maximum atomic E-state index is 12.8. The van der Waals surface area contributed by atoms with E-state index >= 15 is 0 Å². The molecule has 0 aliphatic rings. The monoisotopic (exact) mass is 859 g/mol. The van der Waals surface area contributed by atoms with Crippen LogP contribution in [0.25, 0.3) is 0 Å². The molecular weight excluding hydrogens is 769 g/mol. The molecule has 0 aromatic rings.